The quantitative estimate of drug-likeness (QED) is 0.726. The number of oxime groups is 1. The van der Waals surface area contributed by atoms with Gasteiger partial charge in [0, 0.05) is 39.2 Å². The van der Waals surface area contributed by atoms with Gasteiger partial charge in [0.1, 0.15) is 11.9 Å². The number of aliphatic hydroxyl groups is 1. The standard InChI is InChI=1S/C19H25FN2O4/c20-15-4-2-14(3-5-15)17-12-16(26-22-17)13-19(6-10-25-11-7-19)18(24)21-8-1-9-23/h2-5,16,23H,1,6-13H2,(H,21,24). The van der Waals surface area contributed by atoms with Gasteiger partial charge in [0.25, 0.3) is 0 Å². The highest BCUT2D eigenvalue weighted by Gasteiger charge is 2.43. The Morgan fingerprint density at radius 3 is 2.73 bits per heavy atom. The third-order valence-electron chi connectivity index (χ3n) is 5.08. The molecule has 0 spiro atoms. The molecular weight excluding hydrogens is 339 g/mol. The van der Waals surface area contributed by atoms with Crippen LogP contribution in [0.5, 0.6) is 0 Å². The predicted octanol–water partition coefficient (Wildman–Crippen LogP) is 2.00. The van der Waals surface area contributed by atoms with Crippen LogP contribution in [0.2, 0.25) is 0 Å². The summed E-state index contributed by atoms with van der Waals surface area (Å²) in [4.78, 5) is 18.4. The molecular formula is C19H25FN2O4. The van der Waals surface area contributed by atoms with E-state index in [2.05, 4.69) is 10.5 Å². The average Bonchev–Trinajstić information content (AvgIpc) is 3.11. The van der Waals surface area contributed by atoms with Crippen molar-refractivity contribution in [3.63, 3.8) is 0 Å². The number of carbonyl (C=O) groups is 1. The molecule has 1 aromatic rings. The molecule has 1 atom stereocenters. The van der Waals surface area contributed by atoms with E-state index in [9.17, 15) is 9.18 Å². The van der Waals surface area contributed by atoms with Crippen molar-refractivity contribution in [3.8, 4) is 0 Å². The number of nitrogens with one attached hydrogen (secondary N) is 1. The van der Waals surface area contributed by atoms with Crippen LogP contribution in [0.1, 0.15) is 37.7 Å². The number of ether oxygens (including phenoxy) is 1. The van der Waals surface area contributed by atoms with Gasteiger partial charge in [-0.05, 0) is 37.0 Å². The third-order valence-corrected chi connectivity index (χ3v) is 5.08. The molecule has 2 aliphatic rings. The van der Waals surface area contributed by atoms with Crippen molar-refractivity contribution in [1.29, 1.82) is 0 Å². The summed E-state index contributed by atoms with van der Waals surface area (Å²) < 4.78 is 18.5. The lowest BCUT2D eigenvalue weighted by Gasteiger charge is -2.36. The molecule has 0 aromatic heterocycles. The van der Waals surface area contributed by atoms with E-state index in [1.165, 1.54) is 12.1 Å². The van der Waals surface area contributed by atoms with Gasteiger partial charge in [-0.2, -0.15) is 0 Å². The first kappa shape index (κ1) is 18.8. The zero-order valence-corrected chi connectivity index (χ0v) is 14.7. The molecule has 1 amide bonds. The predicted molar refractivity (Wildman–Crippen MR) is 94.2 cm³/mol. The lowest BCUT2D eigenvalue weighted by atomic mass is 9.74. The largest absolute Gasteiger partial charge is 0.396 e. The molecule has 1 aromatic carbocycles. The minimum absolute atomic E-state index is 0.00641. The van der Waals surface area contributed by atoms with E-state index in [1.807, 2.05) is 0 Å². The van der Waals surface area contributed by atoms with Gasteiger partial charge in [-0.25, -0.2) is 4.39 Å². The lowest BCUT2D eigenvalue weighted by Crippen LogP contribution is -2.47. The molecule has 0 radical (unpaired) electrons. The number of hydrogen-bond donors (Lipinski definition) is 2. The van der Waals surface area contributed by atoms with Gasteiger partial charge in [-0.15, -0.1) is 0 Å². The van der Waals surface area contributed by atoms with Crippen LogP contribution in [-0.2, 0) is 14.4 Å². The van der Waals surface area contributed by atoms with Gasteiger partial charge in [-0.3, -0.25) is 4.79 Å². The van der Waals surface area contributed by atoms with Gasteiger partial charge in [0.15, 0.2) is 0 Å². The molecule has 6 nitrogen and oxygen atoms in total. The van der Waals surface area contributed by atoms with Crippen LogP contribution in [0.3, 0.4) is 0 Å². The highest BCUT2D eigenvalue weighted by molar-refractivity contribution is 6.01. The SMILES string of the molecule is O=C(NCCCO)C1(CC2CC(c3ccc(F)cc3)=NO2)CCOCC1. The molecule has 0 aliphatic carbocycles. The number of hydrogen-bond acceptors (Lipinski definition) is 5. The monoisotopic (exact) mass is 364 g/mol. The minimum Gasteiger partial charge on any atom is -0.396 e. The second-order valence-corrected chi connectivity index (χ2v) is 6.91. The Balaban J connectivity index is 1.63. The fraction of sp³-hybridized carbons (Fsp3) is 0.579. The summed E-state index contributed by atoms with van der Waals surface area (Å²) in [6, 6.07) is 6.18. The number of amides is 1. The third kappa shape index (κ3) is 4.40. The van der Waals surface area contributed by atoms with E-state index < -0.39 is 5.41 Å². The zero-order valence-electron chi connectivity index (χ0n) is 14.7. The van der Waals surface area contributed by atoms with Crippen LogP contribution in [0, 0.1) is 11.2 Å². The Hall–Kier alpha value is -1.99. The first-order valence-electron chi connectivity index (χ1n) is 9.08. The molecule has 1 saturated heterocycles. The van der Waals surface area contributed by atoms with Crippen LogP contribution in [0.4, 0.5) is 4.39 Å². The zero-order chi connectivity index (χ0) is 18.4. The average molecular weight is 364 g/mol. The summed E-state index contributed by atoms with van der Waals surface area (Å²) in [5.41, 5.74) is 1.08. The highest BCUT2D eigenvalue weighted by atomic mass is 19.1. The van der Waals surface area contributed by atoms with Gasteiger partial charge >= 0.3 is 0 Å². The van der Waals surface area contributed by atoms with E-state index >= 15 is 0 Å². The summed E-state index contributed by atoms with van der Waals surface area (Å²) in [5, 5.41) is 16.0. The molecule has 0 bridgehead atoms. The van der Waals surface area contributed by atoms with E-state index in [0.29, 0.717) is 51.9 Å². The minimum atomic E-state index is -0.536. The summed E-state index contributed by atoms with van der Waals surface area (Å²) in [7, 11) is 0. The molecule has 26 heavy (non-hydrogen) atoms. The molecule has 1 unspecified atom stereocenters. The molecule has 142 valence electrons. The van der Waals surface area contributed by atoms with Crippen molar-refractivity contribution in [1.82, 2.24) is 5.32 Å². The summed E-state index contributed by atoms with van der Waals surface area (Å²) in [6.07, 6.45) is 2.80. The number of carbonyl (C=O) groups excluding carboxylic acids is 1. The van der Waals surface area contributed by atoms with E-state index in [1.54, 1.807) is 12.1 Å². The second kappa shape index (κ2) is 8.60. The first-order chi connectivity index (χ1) is 12.6. The van der Waals surface area contributed by atoms with E-state index in [4.69, 9.17) is 14.7 Å². The molecule has 2 heterocycles. The van der Waals surface area contributed by atoms with Crippen LogP contribution >= 0.6 is 0 Å². The lowest BCUT2D eigenvalue weighted by molar-refractivity contribution is -0.140. The fourth-order valence-corrected chi connectivity index (χ4v) is 3.54. The maximum absolute atomic E-state index is 13.1. The van der Waals surface area contributed by atoms with Crippen molar-refractivity contribution in [2.45, 2.75) is 38.2 Å². The number of benzene rings is 1. The van der Waals surface area contributed by atoms with Gasteiger partial charge in [-0.1, -0.05) is 17.3 Å². The van der Waals surface area contributed by atoms with Crippen LogP contribution in [0.25, 0.3) is 0 Å². The molecule has 7 heteroatoms. The van der Waals surface area contributed by atoms with Crippen molar-refractivity contribution in [2.75, 3.05) is 26.4 Å². The summed E-state index contributed by atoms with van der Waals surface area (Å²) in [5.74, 6) is -0.293. The van der Waals surface area contributed by atoms with Gasteiger partial charge < -0.3 is 20.0 Å². The topological polar surface area (TPSA) is 80.2 Å². The second-order valence-electron chi connectivity index (χ2n) is 6.91. The first-order valence-corrected chi connectivity index (χ1v) is 9.08. The van der Waals surface area contributed by atoms with Crippen LogP contribution in [0.15, 0.2) is 29.4 Å². The number of halogens is 1. The Kier molecular flexibility index (Phi) is 6.21. The molecule has 1 fully saturated rings. The number of nitrogens with zero attached hydrogens (tertiary/aromatic N) is 1. The molecule has 2 aliphatic heterocycles. The number of aliphatic hydroxyl groups excluding tert-OH is 1. The fourth-order valence-electron chi connectivity index (χ4n) is 3.54. The molecule has 0 saturated carbocycles. The van der Waals surface area contributed by atoms with Crippen molar-refractivity contribution in [2.24, 2.45) is 10.6 Å². The Labute approximate surface area is 152 Å². The number of rotatable bonds is 7. The molecule has 3 rings (SSSR count). The maximum atomic E-state index is 13.1. The smallest absolute Gasteiger partial charge is 0.226 e. The van der Waals surface area contributed by atoms with Crippen molar-refractivity contribution < 1.29 is 23.9 Å². The van der Waals surface area contributed by atoms with Gasteiger partial charge in [0.2, 0.25) is 5.91 Å². The Morgan fingerprint density at radius 1 is 1.31 bits per heavy atom. The van der Waals surface area contributed by atoms with Crippen LogP contribution in [-0.4, -0.2) is 49.2 Å². The van der Waals surface area contributed by atoms with Crippen molar-refractivity contribution >= 4 is 11.6 Å². The van der Waals surface area contributed by atoms with Crippen LogP contribution < -0.4 is 5.32 Å². The maximum Gasteiger partial charge on any atom is 0.226 e. The normalized spacial score (nSPS) is 21.8. The summed E-state index contributed by atoms with van der Waals surface area (Å²) in [6.45, 7) is 1.61. The summed E-state index contributed by atoms with van der Waals surface area (Å²) >= 11 is 0. The van der Waals surface area contributed by atoms with Crippen molar-refractivity contribution in [3.05, 3.63) is 35.6 Å². The Bertz CT molecular complexity index is 641. The van der Waals surface area contributed by atoms with E-state index in [-0.39, 0.29) is 24.4 Å². The highest BCUT2D eigenvalue weighted by Crippen LogP contribution is 2.38. The van der Waals surface area contributed by atoms with Gasteiger partial charge in [0.05, 0.1) is 11.1 Å². The Morgan fingerprint density at radius 2 is 2.04 bits per heavy atom. The molecule has 2 N–H and O–H groups in total. The van der Waals surface area contributed by atoms with E-state index in [0.717, 1.165) is 11.3 Å².